The van der Waals surface area contributed by atoms with Gasteiger partial charge in [-0.15, -0.1) is 5.92 Å². The maximum Gasteiger partial charge on any atom is 0.425 e. The average molecular weight is 409 g/mol. The van der Waals surface area contributed by atoms with Gasteiger partial charge in [0.25, 0.3) is 6.02 Å². The third-order valence-corrected chi connectivity index (χ3v) is 4.52. The number of benzene rings is 1. The molecule has 1 aliphatic rings. The van der Waals surface area contributed by atoms with Crippen molar-refractivity contribution in [2.45, 2.75) is 38.1 Å². The number of nitrogens with two attached hydrogens (primary N) is 1. The van der Waals surface area contributed by atoms with Crippen molar-refractivity contribution in [2.24, 2.45) is 10.7 Å². The molecule has 2 N–H and O–H groups in total. The van der Waals surface area contributed by atoms with Crippen LogP contribution in [0.25, 0.3) is 11.1 Å². The van der Waals surface area contributed by atoms with Gasteiger partial charge < -0.3 is 10.5 Å². The topological polar surface area (TPSA) is 60.5 Å². The molecule has 1 aromatic heterocycles. The first-order valence-corrected chi connectivity index (χ1v) is 8.50. The fraction of sp³-hybridized carbons (Fsp3) is 0.300. The Hall–Kier alpha value is -3.15. The highest BCUT2D eigenvalue weighted by atomic mass is 19.4. The fourth-order valence-corrected chi connectivity index (χ4v) is 3.20. The Bertz CT molecular complexity index is 1040. The number of pyridine rings is 1. The second-order valence-corrected chi connectivity index (χ2v) is 6.73. The van der Waals surface area contributed by atoms with E-state index < -0.39 is 41.9 Å². The van der Waals surface area contributed by atoms with E-state index >= 15 is 0 Å². The van der Waals surface area contributed by atoms with Crippen LogP contribution >= 0.6 is 0 Å². The van der Waals surface area contributed by atoms with Gasteiger partial charge in [0.05, 0.1) is 5.54 Å². The van der Waals surface area contributed by atoms with Gasteiger partial charge in [0, 0.05) is 47.1 Å². The van der Waals surface area contributed by atoms with Gasteiger partial charge in [0.1, 0.15) is 11.6 Å². The molecular formula is C20H16F5N3O. The summed E-state index contributed by atoms with van der Waals surface area (Å²) in [7, 11) is 0. The lowest BCUT2D eigenvalue weighted by Gasteiger charge is -2.36. The average Bonchev–Trinajstić information content (AvgIpc) is 2.60. The Labute approximate surface area is 163 Å². The molecule has 0 saturated carbocycles. The normalized spacial score (nSPS) is 21.6. The summed E-state index contributed by atoms with van der Waals surface area (Å²) in [5.41, 5.74) is 4.24. The van der Waals surface area contributed by atoms with Gasteiger partial charge >= 0.3 is 6.18 Å². The van der Waals surface area contributed by atoms with Gasteiger partial charge in [-0.2, -0.15) is 13.2 Å². The molecule has 2 atom stereocenters. The molecule has 1 aromatic carbocycles. The fourth-order valence-electron chi connectivity index (χ4n) is 3.20. The van der Waals surface area contributed by atoms with Crippen LogP contribution in [0, 0.1) is 23.5 Å². The highest BCUT2D eigenvalue weighted by molar-refractivity contribution is 5.73. The van der Waals surface area contributed by atoms with Crippen molar-refractivity contribution in [1.29, 1.82) is 0 Å². The smallest absolute Gasteiger partial charge is 0.425 e. The number of alkyl halides is 3. The van der Waals surface area contributed by atoms with E-state index in [0.29, 0.717) is 17.2 Å². The van der Waals surface area contributed by atoms with E-state index in [4.69, 9.17) is 5.73 Å². The number of hydrogen-bond donors (Lipinski definition) is 1. The van der Waals surface area contributed by atoms with Crippen molar-refractivity contribution >= 4 is 6.02 Å². The van der Waals surface area contributed by atoms with Gasteiger partial charge in [-0.1, -0.05) is 5.92 Å². The van der Waals surface area contributed by atoms with Crippen LogP contribution in [-0.4, -0.2) is 23.3 Å². The molecule has 2 unspecified atom stereocenters. The summed E-state index contributed by atoms with van der Waals surface area (Å²) in [6.45, 7) is 2.91. The lowest BCUT2D eigenvalue weighted by atomic mass is 9.84. The Morgan fingerprint density at radius 3 is 2.55 bits per heavy atom. The van der Waals surface area contributed by atoms with E-state index in [1.54, 1.807) is 13.0 Å². The number of nitrogens with zero attached hydrogens (tertiary/aromatic N) is 2. The molecule has 0 amide bonds. The molecule has 29 heavy (non-hydrogen) atoms. The summed E-state index contributed by atoms with van der Waals surface area (Å²) in [6.07, 6.45) is -4.87. The summed E-state index contributed by atoms with van der Waals surface area (Å²) in [5, 5.41) is 0. The maximum absolute atomic E-state index is 14.6. The zero-order valence-electron chi connectivity index (χ0n) is 15.4. The molecule has 0 bridgehead atoms. The van der Waals surface area contributed by atoms with Crippen LogP contribution < -0.4 is 5.73 Å². The molecule has 0 saturated heterocycles. The first-order valence-electron chi connectivity index (χ1n) is 8.50. The van der Waals surface area contributed by atoms with Crippen molar-refractivity contribution < 1.29 is 26.7 Å². The third kappa shape index (κ3) is 4.16. The number of aliphatic imine (C=N–C) groups is 1. The number of halogens is 5. The second-order valence-electron chi connectivity index (χ2n) is 6.73. The van der Waals surface area contributed by atoms with Crippen LogP contribution in [0.15, 0.2) is 35.6 Å². The minimum absolute atomic E-state index is 0.0429. The van der Waals surface area contributed by atoms with E-state index in [9.17, 15) is 22.0 Å². The van der Waals surface area contributed by atoms with Gasteiger partial charge in [-0.05, 0) is 26.0 Å². The minimum atomic E-state index is -4.72. The van der Waals surface area contributed by atoms with E-state index in [0.717, 1.165) is 6.07 Å². The second kappa shape index (κ2) is 7.35. The maximum atomic E-state index is 14.6. The molecule has 152 valence electrons. The number of amidine groups is 1. The van der Waals surface area contributed by atoms with E-state index in [1.807, 2.05) is 0 Å². The van der Waals surface area contributed by atoms with Crippen LogP contribution in [0.5, 0.6) is 0 Å². The van der Waals surface area contributed by atoms with Crippen LogP contribution in [-0.2, 0) is 10.3 Å². The lowest BCUT2D eigenvalue weighted by Crippen LogP contribution is -2.46. The van der Waals surface area contributed by atoms with E-state index in [-0.39, 0.29) is 11.1 Å². The van der Waals surface area contributed by atoms with Crippen LogP contribution in [0.1, 0.15) is 31.4 Å². The summed E-state index contributed by atoms with van der Waals surface area (Å²) < 4.78 is 73.3. The monoisotopic (exact) mass is 409 g/mol. The minimum Gasteiger partial charge on any atom is -0.452 e. The molecule has 0 aliphatic carbocycles. The molecule has 0 fully saturated rings. The van der Waals surface area contributed by atoms with Crippen molar-refractivity contribution in [3.8, 4) is 23.0 Å². The number of hydrogen-bond acceptors (Lipinski definition) is 4. The molecule has 9 heteroatoms. The lowest BCUT2D eigenvalue weighted by molar-refractivity contribution is -0.208. The quantitative estimate of drug-likeness (QED) is 0.595. The van der Waals surface area contributed by atoms with Crippen LogP contribution in [0.2, 0.25) is 0 Å². The van der Waals surface area contributed by atoms with Crippen molar-refractivity contribution in [3.63, 3.8) is 0 Å². The molecule has 2 heterocycles. The molecule has 3 rings (SSSR count). The molecule has 1 aliphatic heterocycles. The zero-order valence-corrected chi connectivity index (χ0v) is 15.4. The number of aromatic nitrogens is 1. The molecule has 0 radical (unpaired) electrons. The summed E-state index contributed by atoms with van der Waals surface area (Å²) in [6, 6.07) is 2.57. The highest BCUT2D eigenvalue weighted by Gasteiger charge is 2.50. The standard InChI is InChI=1S/C20H16F5N3O/c1-3-4-11-5-12(10-27-9-11)13-6-14(16(22)7-15(13)21)19(2)8-17(20(23,24)25)29-18(26)28-19/h5-7,9-10,17H,8H2,1-2H3,(H2,26,28). The Morgan fingerprint density at radius 1 is 1.17 bits per heavy atom. The zero-order chi connectivity index (χ0) is 21.4. The molecule has 0 spiro atoms. The number of ether oxygens (including phenoxy) is 1. The van der Waals surface area contributed by atoms with Crippen LogP contribution in [0.3, 0.4) is 0 Å². The Morgan fingerprint density at radius 2 is 1.90 bits per heavy atom. The molecular weight excluding hydrogens is 393 g/mol. The largest absolute Gasteiger partial charge is 0.452 e. The predicted molar refractivity (Wildman–Crippen MR) is 96.7 cm³/mol. The highest BCUT2D eigenvalue weighted by Crippen LogP contribution is 2.42. The molecule has 2 aromatic rings. The van der Waals surface area contributed by atoms with Gasteiger partial charge in [-0.3, -0.25) is 4.98 Å². The first kappa shape index (κ1) is 20.6. The molecule has 4 nitrogen and oxygen atoms in total. The first-order chi connectivity index (χ1) is 13.5. The van der Waals surface area contributed by atoms with Gasteiger partial charge in [0.2, 0.25) is 0 Å². The number of rotatable bonds is 2. The predicted octanol–water partition coefficient (Wildman–Crippen LogP) is 4.28. The van der Waals surface area contributed by atoms with Crippen molar-refractivity contribution in [1.82, 2.24) is 4.98 Å². The summed E-state index contributed by atoms with van der Waals surface area (Å²) >= 11 is 0. The SMILES string of the molecule is CC#Cc1cncc(-c2cc(C3(C)CC(C(F)(F)F)OC(N)=N3)c(F)cc2F)c1. The van der Waals surface area contributed by atoms with Gasteiger partial charge in [-0.25, -0.2) is 13.8 Å². The van der Waals surface area contributed by atoms with Crippen molar-refractivity contribution in [2.75, 3.05) is 0 Å². The summed E-state index contributed by atoms with van der Waals surface area (Å²) in [5.74, 6) is 3.53. The Balaban J connectivity index is 2.13. The summed E-state index contributed by atoms with van der Waals surface area (Å²) in [4.78, 5) is 7.87. The van der Waals surface area contributed by atoms with Crippen LogP contribution in [0.4, 0.5) is 22.0 Å². The Kier molecular flexibility index (Phi) is 5.22. The third-order valence-electron chi connectivity index (χ3n) is 4.52. The van der Waals surface area contributed by atoms with E-state index in [2.05, 4.69) is 26.6 Å². The van der Waals surface area contributed by atoms with Gasteiger partial charge in [0.15, 0.2) is 6.10 Å². The van der Waals surface area contributed by atoms with Crippen molar-refractivity contribution in [3.05, 3.63) is 53.4 Å². The van der Waals surface area contributed by atoms with E-state index in [1.165, 1.54) is 19.3 Å².